The van der Waals surface area contributed by atoms with Crippen molar-refractivity contribution in [3.05, 3.63) is 54.1 Å². The number of hydrogen-bond donors (Lipinski definition) is 2. The molecule has 0 heterocycles. The highest BCUT2D eigenvalue weighted by molar-refractivity contribution is 5.97. The zero-order valence-corrected chi connectivity index (χ0v) is 14.2. The molecule has 0 spiro atoms. The van der Waals surface area contributed by atoms with E-state index < -0.39 is 0 Å². The molecule has 0 saturated heterocycles. The number of carbonyl (C=O) groups is 1. The van der Waals surface area contributed by atoms with E-state index in [-0.39, 0.29) is 5.91 Å². The maximum atomic E-state index is 12.4. The minimum absolute atomic E-state index is 0.143. The van der Waals surface area contributed by atoms with Crippen LogP contribution in [0.4, 0.5) is 0 Å². The first kappa shape index (κ1) is 17.8. The number of hydrogen-bond acceptors (Lipinski definition) is 4. The largest absolute Gasteiger partial charge is 0.490 e. The molecule has 0 aliphatic rings. The van der Waals surface area contributed by atoms with Gasteiger partial charge in [-0.1, -0.05) is 24.3 Å². The van der Waals surface area contributed by atoms with Crippen molar-refractivity contribution in [2.24, 2.45) is 0 Å². The summed E-state index contributed by atoms with van der Waals surface area (Å²) < 4.78 is 11.5. The van der Waals surface area contributed by atoms with E-state index in [1.165, 1.54) is 0 Å². The molecule has 128 valence electrons. The van der Waals surface area contributed by atoms with Crippen molar-refractivity contribution < 1.29 is 14.3 Å². The third kappa shape index (κ3) is 4.99. The summed E-state index contributed by atoms with van der Waals surface area (Å²) in [6.45, 7) is 3.95. The number of carbonyl (C=O) groups excluding carboxylic acids is 1. The second-order valence-electron chi connectivity index (χ2n) is 5.19. The lowest BCUT2D eigenvalue weighted by atomic mass is 10.2. The molecule has 0 unspecified atom stereocenters. The molecule has 2 N–H and O–H groups in total. The zero-order chi connectivity index (χ0) is 17.2. The molecule has 0 fully saturated rings. The zero-order valence-electron chi connectivity index (χ0n) is 14.2. The standard InChI is InChI=1S/C19H24N2O3/c1-3-23-17-11-6-7-12-18(17)24-16-10-5-4-9-15(16)19(22)21-14-8-13-20-2/h4-7,9-12,20H,3,8,13-14H2,1-2H3,(H,21,22). The summed E-state index contributed by atoms with van der Waals surface area (Å²) >= 11 is 0. The molecule has 5 nitrogen and oxygen atoms in total. The Kier molecular flexibility index (Phi) is 7.11. The van der Waals surface area contributed by atoms with Crippen molar-refractivity contribution in [2.45, 2.75) is 13.3 Å². The van der Waals surface area contributed by atoms with Gasteiger partial charge in [-0.3, -0.25) is 4.79 Å². The van der Waals surface area contributed by atoms with Gasteiger partial charge in [-0.2, -0.15) is 0 Å². The predicted molar refractivity (Wildman–Crippen MR) is 95.0 cm³/mol. The summed E-state index contributed by atoms with van der Waals surface area (Å²) in [6, 6.07) is 14.6. The summed E-state index contributed by atoms with van der Waals surface area (Å²) in [5.41, 5.74) is 0.508. The van der Waals surface area contributed by atoms with Gasteiger partial charge in [0.2, 0.25) is 0 Å². The quantitative estimate of drug-likeness (QED) is 0.694. The van der Waals surface area contributed by atoms with Gasteiger partial charge in [0.05, 0.1) is 12.2 Å². The normalized spacial score (nSPS) is 10.2. The molecular formula is C19H24N2O3. The van der Waals surface area contributed by atoms with Crippen LogP contribution in [0.15, 0.2) is 48.5 Å². The van der Waals surface area contributed by atoms with Gasteiger partial charge in [-0.25, -0.2) is 0 Å². The van der Waals surface area contributed by atoms with E-state index in [0.29, 0.717) is 36.0 Å². The fourth-order valence-corrected chi connectivity index (χ4v) is 2.23. The summed E-state index contributed by atoms with van der Waals surface area (Å²) in [7, 11) is 1.89. The van der Waals surface area contributed by atoms with Crippen molar-refractivity contribution in [1.82, 2.24) is 10.6 Å². The number of benzene rings is 2. The molecule has 2 aromatic carbocycles. The minimum atomic E-state index is -0.143. The summed E-state index contributed by atoms with van der Waals surface area (Å²) in [5.74, 6) is 1.62. The first-order valence-corrected chi connectivity index (χ1v) is 8.17. The van der Waals surface area contributed by atoms with Gasteiger partial charge in [0.25, 0.3) is 5.91 Å². The van der Waals surface area contributed by atoms with Crippen LogP contribution in [0.5, 0.6) is 17.2 Å². The van der Waals surface area contributed by atoms with Gasteiger partial charge in [-0.05, 0) is 51.2 Å². The second kappa shape index (κ2) is 9.57. The van der Waals surface area contributed by atoms with E-state index in [1.54, 1.807) is 12.1 Å². The van der Waals surface area contributed by atoms with E-state index in [4.69, 9.17) is 9.47 Å². The number of ether oxygens (including phenoxy) is 2. The van der Waals surface area contributed by atoms with Crippen molar-refractivity contribution in [3.63, 3.8) is 0 Å². The SMILES string of the molecule is CCOc1ccccc1Oc1ccccc1C(=O)NCCCNC. The van der Waals surface area contributed by atoms with Gasteiger partial charge >= 0.3 is 0 Å². The van der Waals surface area contributed by atoms with Crippen molar-refractivity contribution in [3.8, 4) is 17.2 Å². The predicted octanol–water partition coefficient (Wildman–Crippen LogP) is 3.22. The smallest absolute Gasteiger partial charge is 0.255 e. The van der Waals surface area contributed by atoms with Crippen LogP contribution in [-0.2, 0) is 0 Å². The van der Waals surface area contributed by atoms with E-state index in [9.17, 15) is 4.79 Å². The molecule has 0 aliphatic heterocycles. The third-order valence-electron chi connectivity index (χ3n) is 3.39. The van der Waals surface area contributed by atoms with E-state index in [2.05, 4.69) is 10.6 Å². The first-order valence-electron chi connectivity index (χ1n) is 8.17. The molecule has 2 aromatic rings. The molecule has 2 rings (SSSR count). The molecule has 24 heavy (non-hydrogen) atoms. The van der Waals surface area contributed by atoms with Crippen molar-refractivity contribution in [2.75, 3.05) is 26.7 Å². The number of amides is 1. The molecule has 0 saturated carbocycles. The van der Waals surface area contributed by atoms with Gasteiger partial charge in [0.15, 0.2) is 11.5 Å². The molecular weight excluding hydrogens is 304 g/mol. The van der Waals surface area contributed by atoms with Crippen molar-refractivity contribution >= 4 is 5.91 Å². The van der Waals surface area contributed by atoms with E-state index in [0.717, 1.165) is 13.0 Å². The maximum absolute atomic E-state index is 12.4. The third-order valence-corrected chi connectivity index (χ3v) is 3.39. The second-order valence-corrected chi connectivity index (χ2v) is 5.19. The van der Waals surface area contributed by atoms with Crippen LogP contribution in [0.25, 0.3) is 0 Å². The maximum Gasteiger partial charge on any atom is 0.255 e. The Hall–Kier alpha value is -2.53. The van der Waals surface area contributed by atoms with Gasteiger partial charge in [-0.15, -0.1) is 0 Å². The highest BCUT2D eigenvalue weighted by Crippen LogP contribution is 2.32. The van der Waals surface area contributed by atoms with Crippen LogP contribution in [-0.4, -0.2) is 32.7 Å². The lowest BCUT2D eigenvalue weighted by molar-refractivity contribution is 0.0951. The molecule has 0 bridgehead atoms. The summed E-state index contributed by atoms with van der Waals surface area (Å²) in [5, 5.41) is 5.96. The Morgan fingerprint density at radius 2 is 1.62 bits per heavy atom. The van der Waals surface area contributed by atoms with Gasteiger partial charge < -0.3 is 20.1 Å². The lowest BCUT2D eigenvalue weighted by Gasteiger charge is -2.14. The van der Waals surface area contributed by atoms with Gasteiger partial charge in [0.1, 0.15) is 5.75 Å². The molecule has 1 amide bonds. The molecule has 0 atom stereocenters. The molecule has 0 radical (unpaired) electrons. The van der Waals surface area contributed by atoms with Crippen LogP contribution >= 0.6 is 0 Å². The highest BCUT2D eigenvalue weighted by Gasteiger charge is 2.14. The van der Waals surface area contributed by atoms with E-state index in [1.807, 2.05) is 50.4 Å². The van der Waals surface area contributed by atoms with Crippen LogP contribution in [0.3, 0.4) is 0 Å². The Bertz CT molecular complexity index is 659. The van der Waals surface area contributed by atoms with Crippen LogP contribution in [0, 0.1) is 0 Å². The lowest BCUT2D eigenvalue weighted by Crippen LogP contribution is -2.26. The fraction of sp³-hybridized carbons (Fsp3) is 0.316. The Labute approximate surface area is 143 Å². The average Bonchev–Trinajstić information content (AvgIpc) is 2.61. The van der Waals surface area contributed by atoms with Crippen LogP contribution < -0.4 is 20.1 Å². The fourth-order valence-electron chi connectivity index (χ4n) is 2.23. The summed E-state index contributed by atoms with van der Waals surface area (Å²) in [6.07, 6.45) is 0.873. The van der Waals surface area contributed by atoms with Crippen LogP contribution in [0.1, 0.15) is 23.7 Å². The number of nitrogens with one attached hydrogen (secondary N) is 2. The first-order chi connectivity index (χ1) is 11.8. The Balaban J connectivity index is 2.13. The number of para-hydroxylation sites is 3. The van der Waals surface area contributed by atoms with Crippen molar-refractivity contribution in [1.29, 1.82) is 0 Å². The molecule has 0 aromatic heterocycles. The topological polar surface area (TPSA) is 59.6 Å². The Morgan fingerprint density at radius 1 is 0.958 bits per heavy atom. The highest BCUT2D eigenvalue weighted by atomic mass is 16.5. The Morgan fingerprint density at radius 3 is 2.33 bits per heavy atom. The molecule has 0 aliphatic carbocycles. The minimum Gasteiger partial charge on any atom is -0.490 e. The summed E-state index contributed by atoms with van der Waals surface area (Å²) in [4.78, 5) is 12.4. The van der Waals surface area contributed by atoms with Crippen LogP contribution in [0.2, 0.25) is 0 Å². The monoisotopic (exact) mass is 328 g/mol. The number of rotatable bonds is 9. The van der Waals surface area contributed by atoms with Gasteiger partial charge in [0, 0.05) is 6.54 Å². The van der Waals surface area contributed by atoms with E-state index >= 15 is 0 Å². The average molecular weight is 328 g/mol. The molecule has 5 heteroatoms.